The Morgan fingerprint density at radius 3 is 2.50 bits per heavy atom. The third-order valence-electron chi connectivity index (χ3n) is 2.45. The highest BCUT2D eigenvalue weighted by molar-refractivity contribution is 9.10. The van der Waals surface area contributed by atoms with Crippen molar-refractivity contribution in [3.63, 3.8) is 0 Å². The number of nitro groups is 1. The van der Waals surface area contributed by atoms with E-state index < -0.39 is 17.0 Å². The van der Waals surface area contributed by atoms with E-state index in [0.717, 1.165) is 6.07 Å². The minimum atomic E-state index is -0.958. The molecule has 1 aromatic carbocycles. The number of amides is 1. The maximum atomic E-state index is 11.8. The molecule has 0 fully saturated rings. The zero-order chi connectivity index (χ0) is 15.4. The molecule has 1 amide bonds. The van der Waals surface area contributed by atoms with E-state index in [1.165, 1.54) is 38.1 Å². The number of esters is 1. The van der Waals surface area contributed by atoms with Crippen LogP contribution < -0.4 is 0 Å². The third kappa shape index (κ3) is 3.77. The molecule has 0 aliphatic carbocycles. The van der Waals surface area contributed by atoms with Gasteiger partial charge in [-0.3, -0.25) is 14.9 Å². The second-order valence-electron chi connectivity index (χ2n) is 4.20. The lowest BCUT2D eigenvalue weighted by molar-refractivity contribution is -0.385. The van der Waals surface area contributed by atoms with Gasteiger partial charge in [0.05, 0.1) is 15.0 Å². The van der Waals surface area contributed by atoms with Crippen LogP contribution in [0.1, 0.15) is 17.3 Å². The molecule has 0 aromatic heterocycles. The van der Waals surface area contributed by atoms with Gasteiger partial charge in [-0.05, 0) is 35.0 Å². The van der Waals surface area contributed by atoms with Gasteiger partial charge in [-0.25, -0.2) is 4.79 Å². The van der Waals surface area contributed by atoms with Crippen molar-refractivity contribution >= 4 is 33.5 Å². The Bertz CT molecular complexity index is 559. The van der Waals surface area contributed by atoms with E-state index in [0.29, 0.717) is 0 Å². The molecule has 0 aliphatic heterocycles. The molecule has 0 saturated heterocycles. The number of hydrogen-bond acceptors (Lipinski definition) is 5. The van der Waals surface area contributed by atoms with Crippen molar-refractivity contribution in [1.82, 2.24) is 4.90 Å². The number of ether oxygens (including phenoxy) is 1. The van der Waals surface area contributed by atoms with Crippen LogP contribution in [0, 0.1) is 10.1 Å². The van der Waals surface area contributed by atoms with E-state index in [1.807, 2.05) is 0 Å². The minimum Gasteiger partial charge on any atom is -0.449 e. The average Bonchev–Trinajstić information content (AvgIpc) is 2.37. The molecule has 108 valence electrons. The van der Waals surface area contributed by atoms with E-state index in [1.54, 1.807) is 0 Å². The maximum absolute atomic E-state index is 11.8. The summed E-state index contributed by atoms with van der Waals surface area (Å²) in [7, 11) is 3.08. The van der Waals surface area contributed by atoms with E-state index in [-0.39, 0.29) is 21.6 Å². The van der Waals surface area contributed by atoms with Gasteiger partial charge in [-0.2, -0.15) is 0 Å². The van der Waals surface area contributed by atoms with Gasteiger partial charge in [0.25, 0.3) is 11.6 Å². The molecular formula is C12H13BrN2O5. The van der Waals surface area contributed by atoms with Gasteiger partial charge in [0.15, 0.2) is 6.10 Å². The smallest absolute Gasteiger partial charge is 0.339 e. The Hall–Kier alpha value is -1.96. The summed E-state index contributed by atoms with van der Waals surface area (Å²) in [5, 5.41) is 10.8. The first kappa shape index (κ1) is 16.1. The molecule has 0 saturated carbocycles. The SMILES string of the molecule is C[C@@H](OC(=O)c1ccc(Br)c([N+](=O)[O-])c1)C(=O)N(C)C. The highest BCUT2D eigenvalue weighted by Gasteiger charge is 2.22. The monoisotopic (exact) mass is 344 g/mol. The van der Waals surface area contributed by atoms with Crippen molar-refractivity contribution < 1.29 is 19.2 Å². The second-order valence-corrected chi connectivity index (χ2v) is 5.06. The predicted octanol–water partition coefficient (Wildman–Crippen LogP) is 1.99. The first-order chi connectivity index (χ1) is 9.23. The molecular weight excluding hydrogens is 332 g/mol. The minimum absolute atomic E-state index is 0.0123. The van der Waals surface area contributed by atoms with Crippen LogP contribution in [0.25, 0.3) is 0 Å². The molecule has 1 rings (SSSR count). The average molecular weight is 345 g/mol. The number of likely N-dealkylation sites (N-methyl/N-ethyl adjacent to an activating group) is 1. The fraction of sp³-hybridized carbons (Fsp3) is 0.333. The van der Waals surface area contributed by atoms with Crippen molar-refractivity contribution in [1.29, 1.82) is 0 Å². The fourth-order valence-electron chi connectivity index (χ4n) is 1.42. The van der Waals surface area contributed by atoms with E-state index in [9.17, 15) is 19.7 Å². The van der Waals surface area contributed by atoms with Crippen LogP contribution in [0.15, 0.2) is 22.7 Å². The van der Waals surface area contributed by atoms with E-state index >= 15 is 0 Å². The van der Waals surface area contributed by atoms with Gasteiger partial charge in [0.2, 0.25) is 0 Å². The molecule has 0 heterocycles. The largest absolute Gasteiger partial charge is 0.449 e. The number of nitrogens with zero attached hydrogens (tertiary/aromatic N) is 2. The van der Waals surface area contributed by atoms with Crippen LogP contribution >= 0.6 is 15.9 Å². The van der Waals surface area contributed by atoms with Crippen molar-refractivity contribution in [3.8, 4) is 0 Å². The molecule has 0 N–H and O–H groups in total. The highest BCUT2D eigenvalue weighted by atomic mass is 79.9. The van der Waals surface area contributed by atoms with Gasteiger partial charge in [-0.1, -0.05) is 0 Å². The summed E-state index contributed by atoms with van der Waals surface area (Å²) in [6.07, 6.45) is -0.958. The molecule has 8 heteroatoms. The Morgan fingerprint density at radius 2 is 2.00 bits per heavy atom. The summed E-state index contributed by atoms with van der Waals surface area (Å²) < 4.78 is 5.23. The third-order valence-corrected chi connectivity index (χ3v) is 3.12. The summed E-state index contributed by atoms with van der Waals surface area (Å²) >= 11 is 3.02. The van der Waals surface area contributed by atoms with Crippen molar-refractivity contribution in [2.24, 2.45) is 0 Å². The second kappa shape index (κ2) is 6.47. The fourth-order valence-corrected chi connectivity index (χ4v) is 1.81. The normalized spacial score (nSPS) is 11.6. The molecule has 20 heavy (non-hydrogen) atoms. The zero-order valence-corrected chi connectivity index (χ0v) is 12.7. The van der Waals surface area contributed by atoms with Crippen LogP contribution in [0.3, 0.4) is 0 Å². The molecule has 0 bridgehead atoms. The Kier molecular flexibility index (Phi) is 5.20. The summed E-state index contributed by atoms with van der Waals surface area (Å²) in [5.41, 5.74) is -0.232. The molecule has 0 unspecified atom stereocenters. The lowest BCUT2D eigenvalue weighted by atomic mass is 10.2. The first-order valence-corrected chi connectivity index (χ1v) is 6.39. The van der Waals surface area contributed by atoms with Crippen LogP contribution in [-0.2, 0) is 9.53 Å². The van der Waals surface area contributed by atoms with Crippen molar-refractivity contribution in [2.45, 2.75) is 13.0 Å². The number of nitro benzene ring substituents is 1. The Morgan fingerprint density at radius 1 is 1.40 bits per heavy atom. The lowest BCUT2D eigenvalue weighted by Gasteiger charge is -2.17. The summed E-state index contributed by atoms with van der Waals surface area (Å²) in [6, 6.07) is 3.86. The Balaban J connectivity index is 2.91. The van der Waals surface area contributed by atoms with Crippen LogP contribution in [-0.4, -0.2) is 41.9 Å². The van der Waals surface area contributed by atoms with Crippen LogP contribution in [0.4, 0.5) is 5.69 Å². The quantitative estimate of drug-likeness (QED) is 0.473. The summed E-state index contributed by atoms with van der Waals surface area (Å²) in [5.74, 6) is -1.16. The topological polar surface area (TPSA) is 89.7 Å². The number of rotatable bonds is 4. The molecule has 0 aliphatic rings. The molecule has 0 spiro atoms. The Labute approximate surface area is 123 Å². The zero-order valence-electron chi connectivity index (χ0n) is 11.1. The van der Waals surface area contributed by atoms with Crippen molar-refractivity contribution in [2.75, 3.05) is 14.1 Å². The molecule has 1 aromatic rings. The first-order valence-electron chi connectivity index (χ1n) is 5.60. The number of benzene rings is 1. The van der Waals surface area contributed by atoms with Gasteiger partial charge < -0.3 is 9.64 Å². The highest BCUT2D eigenvalue weighted by Crippen LogP contribution is 2.26. The van der Waals surface area contributed by atoms with Gasteiger partial charge in [-0.15, -0.1) is 0 Å². The van der Waals surface area contributed by atoms with Gasteiger partial charge >= 0.3 is 5.97 Å². The van der Waals surface area contributed by atoms with E-state index in [4.69, 9.17) is 4.74 Å². The number of carbonyl (C=O) groups is 2. The number of halogens is 1. The van der Waals surface area contributed by atoms with E-state index in [2.05, 4.69) is 15.9 Å². The summed E-state index contributed by atoms with van der Waals surface area (Å²) in [4.78, 5) is 34.9. The van der Waals surface area contributed by atoms with Crippen LogP contribution in [0.5, 0.6) is 0 Å². The molecule has 0 radical (unpaired) electrons. The lowest BCUT2D eigenvalue weighted by Crippen LogP contribution is -2.34. The maximum Gasteiger partial charge on any atom is 0.339 e. The standard InChI is InChI=1S/C12H13BrN2O5/c1-7(11(16)14(2)3)20-12(17)8-4-5-9(13)10(6-8)15(18)19/h4-7H,1-3H3/t7-/m1/s1. The number of carbonyl (C=O) groups excluding carboxylic acids is 2. The van der Waals surface area contributed by atoms with Crippen LogP contribution in [0.2, 0.25) is 0 Å². The number of hydrogen-bond donors (Lipinski definition) is 0. The molecule has 1 atom stereocenters. The predicted molar refractivity (Wildman–Crippen MR) is 74.4 cm³/mol. The summed E-state index contributed by atoms with van der Waals surface area (Å²) in [6.45, 7) is 1.44. The van der Waals surface area contributed by atoms with Gasteiger partial charge in [0, 0.05) is 20.2 Å². The van der Waals surface area contributed by atoms with Gasteiger partial charge in [0.1, 0.15) is 0 Å². The molecule has 7 nitrogen and oxygen atoms in total. The van der Waals surface area contributed by atoms with Crippen molar-refractivity contribution in [3.05, 3.63) is 38.3 Å².